The Morgan fingerprint density at radius 2 is 0.733 bits per heavy atom. The Morgan fingerprint density at radius 3 is 1.20 bits per heavy atom. The first-order valence-corrected chi connectivity index (χ1v) is 24.6. The van der Waals surface area contributed by atoms with Crippen LogP contribution in [0.3, 0.4) is 0 Å². The van der Waals surface area contributed by atoms with Crippen LogP contribution in [0.25, 0.3) is 0 Å². The van der Waals surface area contributed by atoms with Crippen LogP contribution in [0.4, 0.5) is 0 Å². The van der Waals surface area contributed by atoms with E-state index < -0.39 is 6.10 Å². The summed E-state index contributed by atoms with van der Waals surface area (Å²) >= 11 is 0. The number of ether oxygens (including phenoxy) is 3. The molecule has 0 amide bonds. The first kappa shape index (κ1) is 56.6. The topological polar surface area (TPSA) is 78.9 Å². The minimum Gasteiger partial charge on any atom is -0.462 e. The second-order valence-electron chi connectivity index (χ2n) is 16.0. The van der Waals surface area contributed by atoms with Crippen LogP contribution in [0.1, 0.15) is 220 Å². The first-order valence-electron chi connectivity index (χ1n) is 24.6. The number of carbonyl (C=O) groups is 3. The number of esters is 3. The number of hydrogen-bond acceptors (Lipinski definition) is 6. The fraction of sp³-hybridized carbons (Fsp3) is 0.685. The molecule has 1 atom stereocenters. The lowest BCUT2D eigenvalue weighted by atomic mass is 10.1. The normalized spacial score (nSPS) is 12.8. The summed E-state index contributed by atoms with van der Waals surface area (Å²) in [5, 5.41) is 0. The van der Waals surface area contributed by atoms with E-state index in [2.05, 4.69) is 106 Å². The molecule has 60 heavy (non-hydrogen) atoms. The van der Waals surface area contributed by atoms with Crippen LogP contribution in [0, 0.1) is 0 Å². The zero-order valence-corrected chi connectivity index (χ0v) is 38.9. The van der Waals surface area contributed by atoms with Crippen molar-refractivity contribution in [2.45, 2.75) is 226 Å². The van der Waals surface area contributed by atoms with Crippen molar-refractivity contribution in [2.24, 2.45) is 0 Å². The van der Waals surface area contributed by atoms with E-state index in [4.69, 9.17) is 14.2 Å². The van der Waals surface area contributed by atoms with Crippen LogP contribution in [0.5, 0.6) is 0 Å². The molecule has 0 fully saturated rings. The van der Waals surface area contributed by atoms with E-state index in [-0.39, 0.29) is 31.1 Å². The Morgan fingerprint density at radius 1 is 0.367 bits per heavy atom. The molecule has 0 N–H and O–H groups in total. The van der Waals surface area contributed by atoms with Gasteiger partial charge in [0.1, 0.15) is 13.2 Å². The van der Waals surface area contributed by atoms with Gasteiger partial charge >= 0.3 is 17.9 Å². The van der Waals surface area contributed by atoms with E-state index in [1.165, 1.54) is 70.6 Å². The second kappa shape index (κ2) is 48.3. The van der Waals surface area contributed by atoms with Crippen molar-refractivity contribution in [1.29, 1.82) is 0 Å². The Kier molecular flexibility index (Phi) is 45.5. The molecule has 0 aromatic heterocycles. The summed E-state index contributed by atoms with van der Waals surface area (Å²) in [6, 6.07) is 0. The SMILES string of the molecule is CC\C=C/C=C\C=C/CCCCCCCC(=O)OCC(COC(=O)CCCCCCCC/C=C\C=C/CCCCC)OC(=O)CCCCCCCCC/C=C\C/C=C\CC. The predicted octanol–water partition coefficient (Wildman–Crippen LogP) is 16.0. The molecule has 1 unspecified atom stereocenters. The van der Waals surface area contributed by atoms with Gasteiger partial charge in [0.05, 0.1) is 0 Å². The van der Waals surface area contributed by atoms with Gasteiger partial charge in [-0.15, -0.1) is 0 Å². The molecule has 6 nitrogen and oxygen atoms in total. The number of unbranched alkanes of at least 4 members (excludes halogenated alkanes) is 21. The summed E-state index contributed by atoms with van der Waals surface area (Å²) in [5.74, 6) is -0.937. The van der Waals surface area contributed by atoms with E-state index >= 15 is 0 Å². The molecule has 6 heteroatoms. The highest BCUT2D eigenvalue weighted by atomic mass is 16.6. The molecule has 0 aliphatic carbocycles. The maximum atomic E-state index is 12.8. The van der Waals surface area contributed by atoms with Crippen LogP contribution in [-0.4, -0.2) is 37.2 Å². The first-order chi connectivity index (χ1) is 29.5. The number of hydrogen-bond donors (Lipinski definition) is 0. The number of carbonyl (C=O) groups excluding carboxylic acids is 3. The molecular formula is C54H90O6. The zero-order valence-electron chi connectivity index (χ0n) is 38.9. The van der Waals surface area contributed by atoms with Crippen molar-refractivity contribution in [3.63, 3.8) is 0 Å². The van der Waals surface area contributed by atoms with Crippen molar-refractivity contribution >= 4 is 17.9 Å². The second-order valence-corrected chi connectivity index (χ2v) is 16.0. The Hall–Kier alpha value is -3.41. The molecular weight excluding hydrogens is 745 g/mol. The molecule has 0 saturated heterocycles. The maximum absolute atomic E-state index is 12.8. The van der Waals surface area contributed by atoms with Gasteiger partial charge in [-0.25, -0.2) is 0 Å². The maximum Gasteiger partial charge on any atom is 0.306 e. The van der Waals surface area contributed by atoms with Gasteiger partial charge < -0.3 is 14.2 Å². The van der Waals surface area contributed by atoms with Gasteiger partial charge in [0.25, 0.3) is 0 Å². The summed E-state index contributed by atoms with van der Waals surface area (Å²) < 4.78 is 16.7. The fourth-order valence-electron chi connectivity index (χ4n) is 6.53. The highest BCUT2D eigenvalue weighted by Crippen LogP contribution is 2.14. The third-order valence-electron chi connectivity index (χ3n) is 10.2. The number of rotatable bonds is 43. The average molecular weight is 835 g/mol. The van der Waals surface area contributed by atoms with E-state index in [0.717, 1.165) is 109 Å². The molecule has 0 spiro atoms. The van der Waals surface area contributed by atoms with Crippen molar-refractivity contribution in [3.8, 4) is 0 Å². The summed E-state index contributed by atoms with van der Waals surface area (Å²) in [5.41, 5.74) is 0. The Labute approximate surface area is 369 Å². The molecule has 0 heterocycles. The smallest absolute Gasteiger partial charge is 0.306 e. The molecule has 0 saturated carbocycles. The predicted molar refractivity (Wildman–Crippen MR) is 256 cm³/mol. The minimum atomic E-state index is -0.793. The Bertz CT molecular complexity index is 1190. The largest absolute Gasteiger partial charge is 0.462 e. The molecule has 0 aliphatic rings. The third kappa shape index (κ3) is 45.7. The van der Waals surface area contributed by atoms with Gasteiger partial charge in [-0.3, -0.25) is 14.4 Å². The van der Waals surface area contributed by atoms with Gasteiger partial charge in [0.2, 0.25) is 0 Å². The molecule has 342 valence electrons. The van der Waals surface area contributed by atoms with Gasteiger partial charge in [0.15, 0.2) is 6.10 Å². The summed E-state index contributed by atoms with van der Waals surface area (Å²) in [6.07, 6.45) is 61.3. The quantitative estimate of drug-likeness (QED) is 0.0200. The lowest BCUT2D eigenvalue weighted by Gasteiger charge is -2.18. The highest BCUT2D eigenvalue weighted by molar-refractivity contribution is 5.71. The van der Waals surface area contributed by atoms with Crippen LogP contribution in [0.15, 0.2) is 85.1 Å². The Balaban J connectivity index is 4.45. The molecule has 0 rings (SSSR count). The van der Waals surface area contributed by atoms with Crippen LogP contribution in [0.2, 0.25) is 0 Å². The standard InChI is InChI=1S/C54H90O6/c1-4-7-10-13-16-19-22-25-27-30-32-35-38-41-44-47-53(56)59-50-51(49-58-52(55)46-43-40-37-34-31-28-24-21-18-15-12-9-6-3)60-54(57)48-45-42-39-36-33-29-26-23-20-17-14-11-8-5-2/h8-9,11-12,15-22,24-25,51H,4-7,10,13-14,23,26-50H2,1-3H3/b11-8-,12-9-,18-15-,19-16-,20-17-,24-21-,25-22-. The minimum absolute atomic E-state index is 0.0936. The zero-order chi connectivity index (χ0) is 43.7. The van der Waals surface area contributed by atoms with Crippen molar-refractivity contribution in [2.75, 3.05) is 13.2 Å². The lowest BCUT2D eigenvalue weighted by molar-refractivity contribution is -0.167. The molecule has 0 radical (unpaired) electrons. The highest BCUT2D eigenvalue weighted by Gasteiger charge is 2.19. The molecule has 0 aromatic rings. The van der Waals surface area contributed by atoms with Crippen LogP contribution < -0.4 is 0 Å². The molecule has 0 aliphatic heterocycles. The van der Waals surface area contributed by atoms with Crippen molar-refractivity contribution in [3.05, 3.63) is 85.1 Å². The van der Waals surface area contributed by atoms with Gasteiger partial charge in [-0.05, 0) is 89.9 Å². The van der Waals surface area contributed by atoms with E-state index in [9.17, 15) is 14.4 Å². The van der Waals surface area contributed by atoms with Crippen LogP contribution >= 0.6 is 0 Å². The van der Waals surface area contributed by atoms with Crippen molar-refractivity contribution in [1.82, 2.24) is 0 Å². The van der Waals surface area contributed by atoms with E-state index in [1.54, 1.807) is 0 Å². The summed E-state index contributed by atoms with van der Waals surface area (Å²) in [6.45, 7) is 6.32. The van der Waals surface area contributed by atoms with Gasteiger partial charge in [-0.2, -0.15) is 0 Å². The monoisotopic (exact) mass is 835 g/mol. The van der Waals surface area contributed by atoms with Gasteiger partial charge in [-0.1, -0.05) is 196 Å². The fourth-order valence-corrected chi connectivity index (χ4v) is 6.53. The van der Waals surface area contributed by atoms with E-state index in [1.807, 2.05) is 0 Å². The molecule has 0 bridgehead atoms. The van der Waals surface area contributed by atoms with Crippen molar-refractivity contribution < 1.29 is 28.6 Å². The molecule has 0 aromatic carbocycles. The summed E-state index contributed by atoms with van der Waals surface area (Å²) in [7, 11) is 0. The average Bonchev–Trinajstić information content (AvgIpc) is 3.24. The third-order valence-corrected chi connectivity index (χ3v) is 10.2. The lowest BCUT2D eigenvalue weighted by Crippen LogP contribution is -2.30. The van der Waals surface area contributed by atoms with E-state index in [0.29, 0.717) is 19.3 Å². The number of allylic oxidation sites excluding steroid dienone is 14. The van der Waals surface area contributed by atoms with Crippen LogP contribution in [-0.2, 0) is 28.6 Å². The summed E-state index contributed by atoms with van der Waals surface area (Å²) in [4.78, 5) is 37.9. The van der Waals surface area contributed by atoms with Gasteiger partial charge in [0, 0.05) is 19.3 Å².